The molecule has 3 rings (SSSR count). The molecule has 146 valence electrons. The Morgan fingerprint density at radius 3 is 2.50 bits per heavy atom. The molecule has 1 aromatic rings. The fourth-order valence-corrected chi connectivity index (χ4v) is 3.99. The molecule has 5 nitrogen and oxygen atoms in total. The smallest absolute Gasteiger partial charge is 0.193 e. The molecule has 0 bridgehead atoms. The second kappa shape index (κ2) is 11.0. The molecule has 0 radical (unpaired) electrons. The van der Waals surface area contributed by atoms with Crippen LogP contribution in [0.4, 0.5) is 5.69 Å². The number of benzene rings is 1. The molecule has 2 fully saturated rings. The number of nitrogens with one attached hydrogen (secondary N) is 1. The minimum absolute atomic E-state index is 0. The highest BCUT2D eigenvalue weighted by Gasteiger charge is 2.22. The van der Waals surface area contributed by atoms with E-state index in [1.54, 1.807) is 0 Å². The fourth-order valence-electron chi connectivity index (χ4n) is 3.99. The van der Waals surface area contributed by atoms with Crippen molar-refractivity contribution in [2.24, 2.45) is 10.9 Å². The maximum absolute atomic E-state index is 4.53. The summed E-state index contributed by atoms with van der Waals surface area (Å²) >= 11 is 0. The van der Waals surface area contributed by atoms with Crippen LogP contribution in [0.25, 0.3) is 0 Å². The maximum Gasteiger partial charge on any atom is 0.193 e. The summed E-state index contributed by atoms with van der Waals surface area (Å²) in [6.45, 7) is 11.1. The molecule has 1 unspecified atom stereocenters. The van der Waals surface area contributed by atoms with Gasteiger partial charge in [0.05, 0.1) is 0 Å². The van der Waals surface area contributed by atoms with Crippen LogP contribution < -0.4 is 10.2 Å². The zero-order valence-corrected chi connectivity index (χ0v) is 18.6. The van der Waals surface area contributed by atoms with Crippen molar-refractivity contribution in [3.8, 4) is 0 Å². The number of likely N-dealkylation sites (tertiary alicyclic amines) is 1. The first-order chi connectivity index (χ1) is 12.3. The molecule has 1 aromatic carbocycles. The molecule has 2 aliphatic heterocycles. The van der Waals surface area contributed by atoms with Crippen LogP contribution in [0.3, 0.4) is 0 Å². The first-order valence-electron chi connectivity index (χ1n) is 9.78. The Balaban J connectivity index is 0.00000243. The second-order valence-corrected chi connectivity index (χ2v) is 7.14. The normalized spacial score (nSPS) is 22.1. The van der Waals surface area contributed by atoms with E-state index in [1.807, 2.05) is 7.05 Å². The third kappa shape index (κ3) is 5.74. The molecule has 0 saturated carbocycles. The number of anilines is 1. The van der Waals surface area contributed by atoms with Crippen molar-refractivity contribution in [2.45, 2.75) is 19.8 Å². The summed E-state index contributed by atoms with van der Waals surface area (Å²) in [4.78, 5) is 12.0. The number of piperazine rings is 1. The van der Waals surface area contributed by atoms with Crippen LogP contribution in [0.1, 0.15) is 19.8 Å². The lowest BCUT2D eigenvalue weighted by atomic mass is 9.98. The first kappa shape index (κ1) is 21.3. The summed E-state index contributed by atoms with van der Waals surface area (Å²) in [5.41, 5.74) is 1.33. The summed E-state index contributed by atoms with van der Waals surface area (Å²) in [6.07, 6.45) is 2.66. The van der Waals surface area contributed by atoms with Crippen LogP contribution in [0.2, 0.25) is 0 Å². The highest BCUT2D eigenvalue weighted by Crippen LogP contribution is 2.17. The van der Waals surface area contributed by atoms with Crippen molar-refractivity contribution >= 4 is 35.6 Å². The fraction of sp³-hybridized carbons (Fsp3) is 0.650. The third-order valence-corrected chi connectivity index (χ3v) is 5.51. The first-order valence-corrected chi connectivity index (χ1v) is 9.78. The van der Waals surface area contributed by atoms with Crippen molar-refractivity contribution in [1.82, 2.24) is 15.1 Å². The van der Waals surface area contributed by atoms with Gasteiger partial charge in [-0.1, -0.05) is 25.1 Å². The average molecular weight is 471 g/mol. The van der Waals surface area contributed by atoms with E-state index >= 15 is 0 Å². The van der Waals surface area contributed by atoms with Gasteiger partial charge < -0.3 is 20.0 Å². The summed E-state index contributed by atoms with van der Waals surface area (Å²) in [5, 5.41) is 3.64. The second-order valence-electron chi connectivity index (χ2n) is 7.14. The Bertz CT molecular complexity index is 542. The van der Waals surface area contributed by atoms with Gasteiger partial charge in [-0.3, -0.25) is 4.99 Å². The van der Waals surface area contributed by atoms with Gasteiger partial charge in [0.25, 0.3) is 0 Å². The topological polar surface area (TPSA) is 34.1 Å². The molecule has 0 aliphatic carbocycles. The Labute approximate surface area is 175 Å². The minimum atomic E-state index is 0. The zero-order chi connectivity index (χ0) is 17.5. The van der Waals surface area contributed by atoms with Crippen LogP contribution in [-0.4, -0.2) is 75.2 Å². The van der Waals surface area contributed by atoms with Crippen LogP contribution in [-0.2, 0) is 0 Å². The van der Waals surface area contributed by atoms with Crippen molar-refractivity contribution in [3.05, 3.63) is 30.3 Å². The van der Waals surface area contributed by atoms with Gasteiger partial charge in [0.15, 0.2) is 5.96 Å². The molecular weight excluding hydrogens is 437 g/mol. The molecule has 1 atom stereocenters. The Kier molecular flexibility index (Phi) is 8.98. The van der Waals surface area contributed by atoms with Crippen LogP contribution >= 0.6 is 24.0 Å². The van der Waals surface area contributed by atoms with E-state index in [0.717, 1.165) is 44.6 Å². The van der Waals surface area contributed by atoms with E-state index in [0.29, 0.717) is 0 Å². The number of hydrogen-bond acceptors (Lipinski definition) is 3. The number of guanidine groups is 1. The van der Waals surface area contributed by atoms with Crippen LogP contribution in [0.5, 0.6) is 0 Å². The molecule has 2 saturated heterocycles. The Morgan fingerprint density at radius 2 is 1.85 bits per heavy atom. The van der Waals surface area contributed by atoms with E-state index in [-0.39, 0.29) is 24.0 Å². The molecule has 2 aliphatic rings. The largest absolute Gasteiger partial charge is 0.368 e. The molecule has 2 heterocycles. The predicted octanol–water partition coefficient (Wildman–Crippen LogP) is 2.73. The monoisotopic (exact) mass is 471 g/mol. The molecule has 1 N–H and O–H groups in total. The molecular formula is C20H34IN5. The van der Waals surface area contributed by atoms with E-state index in [4.69, 9.17) is 0 Å². The summed E-state index contributed by atoms with van der Waals surface area (Å²) in [7, 11) is 1.91. The van der Waals surface area contributed by atoms with E-state index in [9.17, 15) is 0 Å². The van der Waals surface area contributed by atoms with E-state index in [2.05, 4.69) is 62.3 Å². The zero-order valence-electron chi connectivity index (χ0n) is 16.2. The number of piperidine rings is 1. The quantitative estimate of drug-likeness (QED) is 0.416. The Morgan fingerprint density at radius 1 is 1.12 bits per heavy atom. The molecule has 0 amide bonds. The molecule has 0 aromatic heterocycles. The summed E-state index contributed by atoms with van der Waals surface area (Å²) in [6, 6.07) is 10.7. The minimum Gasteiger partial charge on any atom is -0.368 e. The van der Waals surface area contributed by atoms with Crippen LogP contribution in [0, 0.1) is 5.92 Å². The highest BCUT2D eigenvalue weighted by atomic mass is 127. The van der Waals surface area contributed by atoms with Crippen molar-refractivity contribution in [1.29, 1.82) is 0 Å². The van der Waals surface area contributed by atoms with Gasteiger partial charge in [-0.25, -0.2) is 0 Å². The number of hydrogen-bond donors (Lipinski definition) is 1. The lowest BCUT2D eigenvalue weighted by molar-refractivity contribution is 0.182. The van der Waals surface area contributed by atoms with Gasteiger partial charge in [-0.15, -0.1) is 24.0 Å². The van der Waals surface area contributed by atoms with Crippen molar-refractivity contribution in [3.63, 3.8) is 0 Å². The van der Waals surface area contributed by atoms with Crippen LogP contribution in [0.15, 0.2) is 35.3 Å². The highest BCUT2D eigenvalue weighted by molar-refractivity contribution is 14.0. The summed E-state index contributed by atoms with van der Waals surface area (Å²) in [5.74, 6) is 1.82. The standard InChI is InChI=1S/C20H33N5.HI/c1-3-23-11-7-8-18(17-23)16-22-20(21-2)25-14-12-24(13-15-25)19-9-5-4-6-10-19;/h4-6,9-10,18H,3,7-8,11-17H2,1-2H3,(H,21,22);1H. The van der Waals surface area contributed by atoms with Gasteiger partial charge in [0.1, 0.15) is 0 Å². The van der Waals surface area contributed by atoms with Crippen molar-refractivity contribution < 1.29 is 0 Å². The average Bonchev–Trinajstić information content (AvgIpc) is 2.70. The number of halogens is 1. The molecule has 26 heavy (non-hydrogen) atoms. The van der Waals surface area contributed by atoms with Gasteiger partial charge in [-0.05, 0) is 44.0 Å². The number of para-hydroxylation sites is 1. The number of rotatable bonds is 4. The van der Waals surface area contributed by atoms with E-state index in [1.165, 1.54) is 38.2 Å². The van der Waals surface area contributed by atoms with Gasteiger partial charge >= 0.3 is 0 Å². The van der Waals surface area contributed by atoms with Crippen molar-refractivity contribution in [2.75, 3.05) is 64.3 Å². The summed E-state index contributed by atoms with van der Waals surface area (Å²) < 4.78 is 0. The van der Waals surface area contributed by atoms with Gasteiger partial charge in [0.2, 0.25) is 0 Å². The number of aliphatic imine (C=N–C) groups is 1. The van der Waals surface area contributed by atoms with E-state index < -0.39 is 0 Å². The van der Waals surface area contributed by atoms with Gasteiger partial charge in [-0.2, -0.15) is 0 Å². The lowest BCUT2D eigenvalue weighted by Crippen LogP contribution is -2.53. The van der Waals surface area contributed by atoms with Gasteiger partial charge in [0, 0.05) is 52.0 Å². The Hall–Kier alpha value is -1.02. The lowest BCUT2D eigenvalue weighted by Gasteiger charge is -2.38. The molecule has 0 spiro atoms. The maximum atomic E-state index is 4.53. The predicted molar refractivity (Wildman–Crippen MR) is 122 cm³/mol. The number of nitrogens with zero attached hydrogens (tertiary/aromatic N) is 4. The SMILES string of the molecule is CCN1CCCC(CNC(=NC)N2CCN(c3ccccc3)CC2)C1.I. The third-order valence-electron chi connectivity index (χ3n) is 5.51. The molecule has 6 heteroatoms.